The Hall–Kier alpha value is -5.17. The first-order valence-electron chi connectivity index (χ1n) is 13.9. The molecule has 5 rings (SSSR count). The normalized spacial score (nSPS) is 13.9. The van der Waals surface area contributed by atoms with Crippen LogP contribution in [0, 0.1) is 6.92 Å². The lowest BCUT2D eigenvalue weighted by Gasteiger charge is -2.34. The van der Waals surface area contributed by atoms with Crippen LogP contribution in [-0.4, -0.2) is 79.0 Å². The zero-order chi connectivity index (χ0) is 32.5. The summed E-state index contributed by atoms with van der Waals surface area (Å²) in [7, 11) is 3.23. The van der Waals surface area contributed by atoms with Crippen LogP contribution in [-0.2, 0) is 14.3 Å². The van der Waals surface area contributed by atoms with Gasteiger partial charge in [-0.05, 0) is 55.4 Å². The van der Waals surface area contributed by atoms with Crippen molar-refractivity contribution in [3.05, 3.63) is 78.5 Å². The van der Waals surface area contributed by atoms with E-state index in [1.165, 1.54) is 13.2 Å². The van der Waals surface area contributed by atoms with Gasteiger partial charge in [0.05, 0.1) is 18.4 Å². The smallest absolute Gasteiger partial charge is 0.465 e. The van der Waals surface area contributed by atoms with E-state index >= 15 is 0 Å². The molecule has 2 aromatic heterocycles. The SMILES string of the molecule is C=CC(=O)Nc1cc(-c2c(-c3ccc(N4CCN(C)CC4)cc3)n(OC(=O)C(F)(F)F)c3ncc(C(=O)OC)cc23)ccc1C. The third kappa shape index (κ3) is 6.38. The van der Waals surface area contributed by atoms with Gasteiger partial charge in [-0.2, -0.15) is 17.9 Å². The third-order valence-corrected chi connectivity index (χ3v) is 7.57. The molecule has 0 unspecified atom stereocenters. The molecule has 1 N–H and O–H groups in total. The van der Waals surface area contributed by atoms with Gasteiger partial charge in [-0.3, -0.25) is 4.79 Å². The highest BCUT2D eigenvalue weighted by molar-refractivity contribution is 6.07. The number of fused-ring (bicyclic) bond motifs is 1. The number of piperazine rings is 1. The number of methoxy groups -OCH3 is 1. The molecule has 0 atom stereocenters. The number of carbonyl (C=O) groups excluding carboxylic acids is 3. The third-order valence-electron chi connectivity index (χ3n) is 7.57. The van der Waals surface area contributed by atoms with Crippen LogP contribution in [0.25, 0.3) is 33.4 Å². The van der Waals surface area contributed by atoms with Crippen molar-refractivity contribution >= 4 is 40.3 Å². The Morgan fingerprint density at radius 1 is 1.00 bits per heavy atom. The molecule has 0 bridgehead atoms. The number of carbonyl (C=O) groups is 3. The number of anilines is 2. The zero-order valence-corrected chi connectivity index (χ0v) is 24.8. The minimum Gasteiger partial charge on any atom is -0.465 e. The second-order valence-electron chi connectivity index (χ2n) is 10.5. The molecule has 4 aromatic rings. The van der Waals surface area contributed by atoms with Crippen LogP contribution in [0.15, 0.2) is 67.4 Å². The van der Waals surface area contributed by atoms with Crippen LogP contribution in [0.3, 0.4) is 0 Å². The molecule has 1 fully saturated rings. The molecule has 3 heterocycles. The van der Waals surface area contributed by atoms with Gasteiger partial charge in [0, 0.05) is 60.3 Å². The zero-order valence-electron chi connectivity index (χ0n) is 24.8. The summed E-state index contributed by atoms with van der Waals surface area (Å²) in [6.45, 7) is 8.59. The number of esters is 1. The molecule has 2 aromatic carbocycles. The highest BCUT2D eigenvalue weighted by atomic mass is 19.4. The van der Waals surface area contributed by atoms with Gasteiger partial charge in [-0.1, -0.05) is 30.8 Å². The van der Waals surface area contributed by atoms with Crippen molar-refractivity contribution in [1.29, 1.82) is 0 Å². The van der Waals surface area contributed by atoms with Crippen molar-refractivity contribution in [1.82, 2.24) is 14.6 Å². The largest absolute Gasteiger partial charge is 0.493 e. The van der Waals surface area contributed by atoms with Crippen LogP contribution in [0.1, 0.15) is 15.9 Å². The van der Waals surface area contributed by atoms with Crippen LogP contribution in [0.4, 0.5) is 24.5 Å². The van der Waals surface area contributed by atoms with Crippen molar-refractivity contribution < 1.29 is 37.1 Å². The maximum absolute atomic E-state index is 13.5. The summed E-state index contributed by atoms with van der Waals surface area (Å²) in [5.74, 6) is -3.65. The topological polar surface area (TPSA) is 106 Å². The van der Waals surface area contributed by atoms with E-state index in [4.69, 9.17) is 9.57 Å². The molecule has 13 heteroatoms. The lowest BCUT2D eigenvalue weighted by Crippen LogP contribution is -2.44. The highest BCUT2D eigenvalue weighted by Crippen LogP contribution is 2.42. The summed E-state index contributed by atoms with van der Waals surface area (Å²) >= 11 is 0. The first kappa shape index (κ1) is 31.3. The van der Waals surface area contributed by atoms with Crippen LogP contribution in [0.2, 0.25) is 0 Å². The summed E-state index contributed by atoms with van der Waals surface area (Å²) in [5, 5.41) is 2.93. The van der Waals surface area contributed by atoms with E-state index in [0.717, 1.165) is 48.9 Å². The Balaban J connectivity index is 1.78. The van der Waals surface area contributed by atoms with Crippen molar-refractivity contribution in [2.24, 2.45) is 0 Å². The van der Waals surface area contributed by atoms with Crippen molar-refractivity contribution in [2.45, 2.75) is 13.1 Å². The monoisotopic (exact) mass is 621 g/mol. The number of rotatable bonds is 7. The van der Waals surface area contributed by atoms with Crippen molar-refractivity contribution in [3.8, 4) is 22.4 Å². The number of amides is 1. The fourth-order valence-corrected chi connectivity index (χ4v) is 5.14. The fraction of sp³-hybridized carbons (Fsp3) is 0.250. The molecule has 234 valence electrons. The van der Waals surface area contributed by atoms with Gasteiger partial charge in [0.1, 0.15) is 0 Å². The number of alkyl halides is 3. The number of nitrogens with zero attached hydrogens (tertiary/aromatic N) is 4. The van der Waals surface area contributed by atoms with E-state index in [9.17, 15) is 27.6 Å². The molecule has 1 saturated heterocycles. The molecule has 1 aliphatic heterocycles. The van der Waals surface area contributed by atoms with E-state index in [2.05, 4.69) is 26.7 Å². The first-order chi connectivity index (χ1) is 21.4. The molecule has 1 amide bonds. The fourth-order valence-electron chi connectivity index (χ4n) is 5.14. The number of ether oxygens (including phenoxy) is 1. The number of aromatic nitrogens is 2. The van der Waals surface area contributed by atoms with Crippen LogP contribution >= 0.6 is 0 Å². The van der Waals surface area contributed by atoms with E-state index in [0.29, 0.717) is 27.9 Å². The summed E-state index contributed by atoms with van der Waals surface area (Å²) in [6, 6.07) is 13.6. The van der Waals surface area contributed by atoms with Gasteiger partial charge < -0.3 is 24.7 Å². The van der Waals surface area contributed by atoms with Gasteiger partial charge in [0.25, 0.3) is 0 Å². The number of nitrogens with one attached hydrogen (secondary N) is 1. The average molecular weight is 622 g/mol. The molecular weight excluding hydrogens is 591 g/mol. The van der Waals surface area contributed by atoms with Gasteiger partial charge in [0.15, 0.2) is 5.65 Å². The number of likely N-dealkylation sites (N-methyl/N-ethyl adjacent to an activating group) is 1. The van der Waals surface area contributed by atoms with E-state index in [1.807, 2.05) is 19.2 Å². The molecule has 0 aliphatic carbocycles. The number of pyridine rings is 1. The Labute approximate surface area is 256 Å². The molecule has 45 heavy (non-hydrogen) atoms. The van der Waals surface area contributed by atoms with Gasteiger partial charge in [0.2, 0.25) is 5.91 Å². The van der Waals surface area contributed by atoms with Crippen molar-refractivity contribution in [3.63, 3.8) is 0 Å². The molecule has 0 saturated carbocycles. The number of benzene rings is 2. The maximum Gasteiger partial charge on any atom is 0.493 e. The molecular formula is C32H30F3N5O5. The van der Waals surface area contributed by atoms with E-state index in [1.54, 1.807) is 37.3 Å². The van der Waals surface area contributed by atoms with Crippen LogP contribution < -0.4 is 15.1 Å². The molecule has 10 nitrogen and oxygen atoms in total. The number of aryl methyl sites for hydroxylation is 1. The van der Waals surface area contributed by atoms with Gasteiger partial charge in [-0.25, -0.2) is 14.6 Å². The average Bonchev–Trinajstić information content (AvgIpc) is 3.34. The lowest BCUT2D eigenvalue weighted by molar-refractivity contribution is -0.199. The maximum atomic E-state index is 13.5. The van der Waals surface area contributed by atoms with E-state index in [-0.39, 0.29) is 22.3 Å². The standard InChI is InChI=1S/C32H30F3N5O5/c1-5-26(41)37-25-17-21(7-6-19(25)2)27-24-16-22(30(42)44-4)18-36-29(24)40(45-31(43)32(33,34)35)28(27)20-8-10-23(11-9-20)39-14-12-38(3)13-15-39/h5-11,16-18H,1,12-15H2,2-4H3,(H,37,41). The molecule has 0 radical (unpaired) electrons. The Bertz CT molecular complexity index is 1790. The minimum atomic E-state index is -5.31. The van der Waals surface area contributed by atoms with Crippen LogP contribution in [0.5, 0.6) is 0 Å². The lowest BCUT2D eigenvalue weighted by atomic mass is 9.96. The second kappa shape index (κ2) is 12.4. The second-order valence-corrected chi connectivity index (χ2v) is 10.5. The predicted octanol–water partition coefficient (Wildman–Crippen LogP) is 4.86. The Kier molecular flexibility index (Phi) is 8.64. The summed E-state index contributed by atoms with van der Waals surface area (Å²) < 4.78 is 46.2. The predicted molar refractivity (Wildman–Crippen MR) is 163 cm³/mol. The Morgan fingerprint density at radius 3 is 2.29 bits per heavy atom. The summed E-state index contributed by atoms with van der Waals surface area (Å²) in [6.07, 6.45) is -3.08. The van der Waals surface area contributed by atoms with Gasteiger partial charge in [-0.15, -0.1) is 0 Å². The molecule has 0 spiro atoms. The summed E-state index contributed by atoms with van der Waals surface area (Å²) in [4.78, 5) is 50.5. The number of halogens is 3. The Morgan fingerprint density at radius 2 is 1.67 bits per heavy atom. The number of hydrogen-bond acceptors (Lipinski definition) is 8. The highest BCUT2D eigenvalue weighted by Gasteiger charge is 2.43. The van der Waals surface area contributed by atoms with Crippen molar-refractivity contribution in [2.75, 3.05) is 50.6 Å². The quantitative estimate of drug-likeness (QED) is 0.231. The number of hydrogen-bond donors (Lipinski definition) is 1. The minimum absolute atomic E-state index is 0.0230. The first-order valence-corrected chi connectivity index (χ1v) is 13.9. The summed E-state index contributed by atoms with van der Waals surface area (Å²) in [5.41, 5.74) is 3.14. The molecule has 1 aliphatic rings. The van der Waals surface area contributed by atoms with Gasteiger partial charge >= 0.3 is 18.1 Å². The van der Waals surface area contributed by atoms with E-state index < -0.39 is 24.0 Å².